The molecule has 1 aliphatic rings. The summed E-state index contributed by atoms with van der Waals surface area (Å²) in [6, 6.07) is 12.2. The molecule has 0 bridgehead atoms. The zero-order valence-corrected chi connectivity index (χ0v) is 16.6. The van der Waals surface area contributed by atoms with Gasteiger partial charge in [0.25, 0.3) is 11.8 Å². The summed E-state index contributed by atoms with van der Waals surface area (Å²) in [5, 5.41) is 2.62. The highest BCUT2D eigenvalue weighted by Gasteiger charge is 2.33. The number of carbonyl (C=O) groups is 2. The molecule has 0 radical (unpaired) electrons. The molecule has 2 N–H and O–H groups in total. The fourth-order valence-electron chi connectivity index (χ4n) is 3.36. The van der Waals surface area contributed by atoms with Crippen LogP contribution in [0.25, 0.3) is 0 Å². The molecule has 0 saturated heterocycles. The number of quaternary nitrogens is 1. The average molecular weight is 422 g/mol. The van der Waals surface area contributed by atoms with Crippen molar-refractivity contribution in [2.24, 2.45) is 0 Å². The van der Waals surface area contributed by atoms with Crippen LogP contribution in [0.4, 0.5) is 24.5 Å². The zero-order valence-electron chi connectivity index (χ0n) is 16.6. The largest absolute Gasteiger partial charge is 0.573 e. The number of para-hydroxylation sites is 1. The summed E-state index contributed by atoms with van der Waals surface area (Å²) in [5.41, 5.74) is 2.38. The number of halogens is 3. The Hall–Kier alpha value is -3.07. The molecule has 160 valence electrons. The van der Waals surface area contributed by atoms with Gasteiger partial charge in [-0.1, -0.05) is 18.2 Å². The summed E-state index contributed by atoms with van der Waals surface area (Å²) in [5.74, 6) is -0.772. The second-order valence-corrected chi connectivity index (χ2v) is 7.23. The maximum absolute atomic E-state index is 12.9. The number of hydrogen-bond acceptors (Lipinski definition) is 3. The zero-order chi connectivity index (χ0) is 21.9. The quantitative estimate of drug-likeness (QED) is 0.749. The molecule has 9 heteroatoms. The van der Waals surface area contributed by atoms with Gasteiger partial charge in [0.1, 0.15) is 5.75 Å². The van der Waals surface area contributed by atoms with E-state index in [-0.39, 0.29) is 24.1 Å². The number of fused-ring (bicyclic) bond motifs is 1. The summed E-state index contributed by atoms with van der Waals surface area (Å²) in [6.07, 6.45) is -3.96. The van der Waals surface area contributed by atoms with Gasteiger partial charge in [-0.25, -0.2) is 0 Å². The lowest BCUT2D eigenvalue weighted by Crippen LogP contribution is -3.15. The number of nitrogens with zero attached hydrogens (tertiary/aromatic N) is 1. The summed E-state index contributed by atoms with van der Waals surface area (Å²) in [7, 11) is 1.75. The van der Waals surface area contributed by atoms with Gasteiger partial charge >= 0.3 is 6.36 Å². The number of hydrogen-bond donors (Lipinski definition) is 2. The second-order valence-electron chi connectivity index (χ2n) is 7.23. The highest BCUT2D eigenvalue weighted by Crippen LogP contribution is 2.27. The van der Waals surface area contributed by atoms with E-state index in [4.69, 9.17) is 0 Å². The Balaban J connectivity index is 1.54. The minimum Gasteiger partial charge on any atom is -0.406 e. The van der Waals surface area contributed by atoms with E-state index in [9.17, 15) is 22.8 Å². The van der Waals surface area contributed by atoms with Crippen molar-refractivity contribution in [3.8, 4) is 5.75 Å². The molecule has 2 aromatic rings. The van der Waals surface area contributed by atoms with E-state index >= 15 is 0 Å². The van der Waals surface area contributed by atoms with Gasteiger partial charge in [-0.05, 0) is 49.2 Å². The van der Waals surface area contributed by atoms with Crippen molar-refractivity contribution < 1.29 is 32.4 Å². The second kappa shape index (κ2) is 8.74. The molecule has 0 aliphatic carbocycles. The highest BCUT2D eigenvalue weighted by molar-refractivity contribution is 5.98. The molecule has 30 heavy (non-hydrogen) atoms. The number of likely N-dealkylation sites (N-methyl/N-ethyl adjacent to an activating group) is 1. The van der Waals surface area contributed by atoms with E-state index in [2.05, 4.69) is 10.1 Å². The molecule has 2 atom stereocenters. The van der Waals surface area contributed by atoms with Crippen molar-refractivity contribution in [2.45, 2.75) is 25.7 Å². The Morgan fingerprint density at radius 2 is 1.83 bits per heavy atom. The summed E-state index contributed by atoms with van der Waals surface area (Å²) >= 11 is 0. The van der Waals surface area contributed by atoms with Gasteiger partial charge in [0.2, 0.25) is 0 Å². The lowest BCUT2D eigenvalue weighted by Gasteiger charge is -2.25. The first-order chi connectivity index (χ1) is 14.1. The summed E-state index contributed by atoms with van der Waals surface area (Å²) < 4.78 is 40.4. The number of anilines is 2. The van der Waals surface area contributed by atoms with E-state index in [1.807, 2.05) is 24.3 Å². The van der Waals surface area contributed by atoms with Crippen LogP contribution in [0, 0.1) is 0 Å². The third-order valence-electron chi connectivity index (χ3n) is 5.07. The topological polar surface area (TPSA) is 63.1 Å². The van der Waals surface area contributed by atoms with Gasteiger partial charge < -0.3 is 19.9 Å². The van der Waals surface area contributed by atoms with Crippen LogP contribution in [0.15, 0.2) is 48.5 Å². The SMILES string of the molecule is C[C@@H](C(=O)N1CCc2ccccc21)[NH+](C)CC(=O)Nc1ccc(OC(F)(F)F)cc1. The van der Waals surface area contributed by atoms with Crippen molar-refractivity contribution in [1.82, 2.24) is 0 Å². The van der Waals surface area contributed by atoms with Crippen molar-refractivity contribution in [1.29, 1.82) is 0 Å². The number of ether oxygens (including phenoxy) is 1. The molecular formula is C21H23F3N3O3+. The highest BCUT2D eigenvalue weighted by atomic mass is 19.4. The molecule has 0 saturated carbocycles. The Labute approximate surface area is 172 Å². The van der Waals surface area contributed by atoms with Gasteiger partial charge in [0, 0.05) is 17.9 Å². The minimum atomic E-state index is -4.77. The molecule has 0 aromatic heterocycles. The molecule has 2 aromatic carbocycles. The number of rotatable bonds is 6. The van der Waals surface area contributed by atoms with E-state index in [0.29, 0.717) is 17.1 Å². The van der Waals surface area contributed by atoms with Gasteiger partial charge in [-0.15, -0.1) is 13.2 Å². The molecule has 6 nitrogen and oxygen atoms in total. The minimum absolute atomic E-state index is 0.0309. The predicted octanol–water partition coefficient (Wildman–Crippen LogP) is 2.02. The lowest BCUT2D eigenvalue weighted by atomic mass is 10.2. The van der Waals surface area contributed by atoms with E-state index in [1.165, 1.54) is 12.1 Å². The monoisotopic (exact) mass is 422 g/mol. The van der Waals surface area contributed by atoms with Crippen LogP contribution in [0.3, 0.4) is 0 Å². The van der Waals surface area contributed by atoms with Crippen LogP contribution in [-0.2, 0) is 16.0 Å². The normalized spacial score (nSPS) is 15.3. The van der Waals surface area contributed by atoms with E-state index in [1.54, 1.807) is 18.9 Å². The smallest absolute Gasteiger partial charge is 0.406 e. The van der Waals surface area contributed by atoms with Crippen LogP contribution >= 0.6 is 0 Å². The summed E-state index contributed by atoms with van der Waals surface area (Å²) in [6.45, 7) is 2.42. The number of amides is 2. The van der Waals surface area contributed by atoms with Gasteiger partial charge in [0.05, 0.1) is 7.05 Å². The molecule has 1 aliphatic heterocycles. The fraction of sp³-hybridized carbons (Fsp3) is 0.333. The molecule has 2 amide bonds. The van der Waals surface area contributed by atoms with E-state index in [0.717, 1.165) is 29.8 Å². The maximum Gasteiger partial charge on any atom is 0.573 e. The Kier molecular flexibility index (Phi) is 6.31. The number of carbonyl (C=O) groups excluding carboxylic acids is 2. The molecule has 0 spiro atoms. The molecular weight excluding hydrogens is 399 g/mol. The Morgan fingerprint density at radius 1 is 1.17 bits per heavy atom. The molecule has 1 unspecified atom stereocenters. The van der Waals surface area contributed by atoms with Gasteiger partial charge in [-0.3, -0.25) is 9.59 Å². The first-order valence-electron chi connectivity index (χ1n) is 9.51. The van der Waals surface area contributed by atoms with E-state index < -0.39 is 12.4 Å². The Morgan fingerprint density at radius 3 is 2.50 bits per heavy atom. The average Bonchev–Trinajstić information content (AvgIpc) is 3.11. The predicted molar refractivity (Wildman–Crippen MR) is 105 cm³/mol. The molecule has 0 fully saturated rings. The van der Waals surface area contributed by atoms with Crippen LogP contribution in [-0.4, -0.2) is 44.4 Å². The van der Waals surface area contributed by atoms with Crippen LogP contribution in [0.1, 0.15) is 12.5 Å². The van der Waals surface area contributed by atoms with Gasteiger partial charge in [0.15, 0.2) is 12.6 Å². The van der Waals surface area contributed by atoms with Gasteiger partial charge in [-0.2, -0.15) is 0 Å². The third kappa shape index (κ3) is 5.29. The first-order valence-corrected chi connectivity index (χ1v) is 9.51. The fourth-order valence-corrected chi connectivity index (χ4v) is 3.36. The standard InChI is InChI=1S/C21H22F3N3O3/c1-14(20(29)27-12-11-15-5-3-4-6-18(15)27)26(2)13-19(28)25-16-7-9-17(10-8-16)30-21(22,23)24/h3-10,14H,11-13H2,1-2H3,(H,25,28)/p+1/t14-/m0/s1. The van der Waals surface area contributed by atoms with Crippen molar-refractivity contribution in [3.63, 3.8) is 0 Å². The maximum atomic E-state index is 12.9. The van der Waals surface area contributed by atoms with Crippen molar-refractivity contribution >= 4 is 23.2 Å². The van der Waals surface area contributed by atoms with Crippen LogP contribution in [0.5, 0.6) is 5.75 Å². The third-order valence-corrected chi connectivity index (χ3v) is 5.07. The van der Waals surface area contributed by atoms with Crippen LogP contribution in [0.2, 0.25) is 0 Å². The number of alkyl halides is 3. The number of benzene rings is 2. The molecule has 1 heterocycles. The van der Waals surface area contributed by atoms with Crippen LogP contribution < -0.4 is 19.9 Å². The first kappa shape index (κ1) is 21.6. The lowest BCUT2D eigenvalue weighted by molar-refractivity contribution is -0.885. The van der Waals surface area contributed by atoms with Crippen molar-refractivity contribution in [3.05, 3.63) is 54.1 Å². The molecule has 3 rings (SSSR count). The summed E-state index contributed by atoms with van der Waals surface area (Å²) in [4.78, 5) is 27.7. The Bertz CT molecular complexity index is 916. The number of nitrogens with one attached hydrogen (secondary N) is 2. The van der Waals surface area contributed by atoms with Crippen molar-refractivity contribution in [2.75, 3.05) is 30.4 Å².